The number of piperidine rings is 1. The fourth-order valence-corrected chi connectivity index (χ4v) is 2.84. The van der Waals surface area contributed by atoms with Gasteiger partial charge in [-0.2, -0.15) is 0 Å². The normalized spacial score (nSPS) is 23.9. The van der Waals surface area contributed by atoms with Gasteiger partial charge in [-0.25, -0.2) is 4.98 Å². The molecule has 1 aliphatic heterocycles. The number of nitrogens with zero attached hydrogens (tertiary/aromatic N) is 3. The maximum Gasteiger partial charge on any atom is 0.123 e. The summed E-state index contributed by atoms with van der Waals surface area (Å²) in [6, 6.07) is 3.88. The van der Waals surface area contributed by atoms with Crippen molar-refractivity contribution in [3.63, 3.8) is 0 Å². The summed E-state index contributed by atoms with van der Waals surface area (Å²) >= 11 is 0. The number of anilines is 2. The standard InChI is InChI=1S/C14H24N4O/c1-17(2)10-14(19-3)7-4-8-18(11-14)12-5-6-13(15)16-9-12/h5-6,9H,4,7-8,10-11H2,1-3H3,(H2,15,16). The van der Waals surface area contributed by atoms with E-state index in [4.69, 9.17) is 10.5 Å². The van der Waals surface area contributed by atoms with Gasteiger partial charge in [0, 0.05) is 26.7 Å². The van der Waals surface area contributed by atoms with Gasteiger partial charge in [-0.05, 0) is 39.1 Å². The van der Waals surface area contributed by atoms with Gasteiger partial charge < -0.3 is 20.3 Å². The van der Waals surface area contributed by atoms with E-state index in [0.29, 0.717) is 5.82 Å². The van der Waals surface area contributed by atoms with Crippen LogP contribution in [-0.2, 0) is 4.74 Å². The molecule has 1 unspecified atom stereocenters. The number of hydrogen-bond acceptors (Lipinski definition) is 5. The average molecular weight is 264 g/mol. The summed E-state index contributed by atoms with van der Waals surface area (Å²) in [7, 11) is 5.99. The summed E-state index contributed by atoms with van der Waals surface area (Å²) in [5.41, 5.74) is 6.67. The maximum absolute atomic E-state index is 5.84. The lowest BCUT2D eigenvalue weighted by atomic mass is 9.91. The predicted octanol–water partition coefficient (Wildman–Crippen LogP) is 1.21. The second-order valence-corrected chi connectivity index (χ2v) is 5.59. The van der Waals surface area contributed by atoms with Gasteiger partial charge in [-0.1, -0.05) is 0 Å². The Morgan fingerprint density at radius 1 is 1.47 bits per heavy atom. The van der Waals surface area contributed by atoms with Gasteiger partial charge >= 0.3 is 0 Å². The zero-order valence-electron chi connectivity index (χ0n) is 12.1. The van der Waals surface area contributed by atoms with Gasteiger partial charge in [0.15, 0.2) is 0 Å². The first-order valence-corrected chi connectivity index (χ1v) is 6.71. The summed E-state index contributed by atoms with van der Waals surface area (Å²) in [4.78, 5) is 8.70. The molecule has 0 spiro atoms. The Labute approximate surface area is 115 Å². The summed E-state index contributed by atoms with van der Waals surface area (Å²) < 4.78 is 5.84. The first-order valence-electron chi connectivity index (χ1n) is 6.71. The number of ether oxygens (including phenoxy) is 1. The van der Waals surface area contributed by atoms with E-state index >= 15 is 0 Å². The molecule has 0 amide bonds. The van der Waals surface area contributed by atoms with E-state index in [1.54, 1.807) is 0 Å². The molecule has 2 rings (SSSR count). The van der Waals surface area contributed by atoms with Crippen molar-refractivity contribution in [2.75, 3.05) is 51.5 Å². The van der Waals surface area contributed by atoms with Gasteiger partial charge in [0.05, 0.1) is 17.5 Å². The van der Waals surface area contributed by atoms with E-state index in [1.807, 2.05) is 25.4 Å². The molecule has 1 atom stereocenters. The summed E-state index contributed by atoms with van der Waals surface area (Å²) in [6.45, 7) is 2.87. The maximum atomic E-state index is 5.84. The molecular formula is C14H24N4O. The van der Waals surface area contributed by atoms with Crippen molar-refractivity contribution in [1.82, 2.24) is 9.88 Å². The third-order valence-corrected chi connectivity index (χ3v) is 3.71. The highest BCUT2D eigenvalue weighted by atomic mass is 16.5. The van der Waals surface area contributed by atoms with Gasteiger partial charge in [0.25, 0.3) is 0 Å². The second kappa shape index (κ2) is 5.75. The van der Waals surface area contributed by atoms with Crippen LogP contribution in [0.4, 0.5) is 11.5 Å². The Morgan fingerprint density at radius 2 is 2.26 bits per heavy atom. The van der Waals surface area contributed by atoms with E-state index in [-0.39, 0.29) is 5.60 Å². The van der Waals surface area contributed by atoms with Crippen LogP contribution in [0, 0.1) is 0 Å². The lowest BCUT2D eigenvalue weighted by Crippen LogP contribution is -2.54. The highest BCUT2D eigenvalue weighted by Crippen LogP contribution is 2.28. The fraction of sp³-hybridized carbons (Fsp3) is 0.643. The molecule has 2 N–H and O–H groups in total. The Morgan fingerprint density at radius 3 is 2.84 bits per heavy atom. The zero-order chi connectivity index (χ0) is 13.9. The molecule has 0 aliphatic carbocycles. The highest BCUT2D eigenvalue weighted by molar-refractivity contribution is 5.48. The lowest BCUT2D eigenvalue weighted by Gasteiger charge is -2.44. The highest BCUT2D eigenvalue weighted by Gasteiger charge is 2.36. The Balaban J connectivity index is 2.13. The molecule has 0 saturated carbocycles. The van der Waals surface area contributed by atoms with E-state index in [0.717, 1.165) is 38.2 Å². The SMILES string of the molecule is COC1(CN(C)C)CCCN(c2ccc(N)nc2)C1. The molecule has 1 fully saturated rings. The molecule has 106 valence electrons. The molecule has 1 aromatic heterocycles. The van der Waals surface area contributed by atoms with Crippen molar-refractivity contribution in [1.29, 1.82) is 0 Å². The molecule has 0 bridgehead atoms. The third kappa shape index (κ3) is 3.36. The average Bonchev–Trinajstić information content (AvgIpc) is 2.39. The Kier molecular flexibility index (Phi) is 4.27. The monoisotopic (exact) mass is 264 g/mol. The van der Waals surface area contributed by atoms with Crippen LogP contribution in [0.5, 0.6) is 0 Å². The van der Waals surface area contributed by atoms with Gasteiger partial charge in [-0.15, -0.1) is 0 Å². The minimum atomic E-state index is -0.0941. The molecule has 0 aromatic carbocycles. The van der Waals surface area contributed by atoms with Crippen molar-refractivity contribution < 1.29 is 4.74 Å². The number of hydrogen-bond donors (Lipinski definition) is 1. The van der Waals surface area contributed by atoms with Crippen LogP contribution in [-0.4, -0.2) is 56.3 Å². The van der Waals surface area contributed by atoms with Crippen LogP contribution >= 0.6 is 0 Å². The van der Waals surface area contributed by atoms with Crippen LogP contribution in [0.25, 0.3) is 0 Å². The van der Waals surface area contributed by atoms with Crippen LogP contribution < -0.4 is 10.6 Å². The number of pyridine rings is 1. The molecule has 19 heavy (non-hydrogen) atoms. The van der Waals surface area contributed by atoms with Crippen LogP contribution in [0.3, 0.4) is 0 Å². The first kappa shape index (κ1) is 14.1. The lowest BCUT2D eigenvalue weighted by molar-refractivity contribution is -0.0372. The zero-order valence-corrected chi connectivity index (χ0v) is 12.1. The smallest absolute Gasteiger partial charge is 0.123 e. The molecule has 1 aromatic rings. The number of methoxy groups -OCH3 is 1. The molecule has 1 aliphatic rings. The van der Waals surface area contributed by atoms with E-state index in [2.05, 4.69) is 28.9 Å². The molecule has 2 heterocycles. The summed E-state index contributed by atoms with van der Waals surface area (Å²) in [5, 5.41) is 0. The number of aromatic nitrogens is 1. The van der Waals surface area contributed by atoms with Crippen molar-refractivity contribution in [2.45, 2.75) is 18.4 Å². The summed E-state index contributed by atoms with van der Waals surface area (Å²) in [6.07, 6.45) is 4.07. The molecule has 5 nitrogen and oxygen atoms in total. The van der Waals surface area contributed by atoms with Crippen molar-refractivity contribution >= 4 is 11.5 Å². The topological polar surface area (TPSA) is 54.6 Å². The Hall–Kier alpha value is -1.33. The minimum Gasteiger partial charge on any atom is -0.384 e. The summed E-state index contributed by atoms with van der Waals surface area (Å²) in [5.74, 6) is 0.562. The van der Waals surface area contributed by atoms with Crippen LogP contribution in [0.15, 0.2) is 18.3 Å². The number of nitrogens with two attached hydrogens (primary N) is 1. The van der Waals surface area contributed by atoms with Crippen LogP contribution in [0.1, 0.15) is 12.8 Å². The third-order valence-electron chi connectivity index (χ3n) is 3.71. The quantitative estimate of drug-likeness (QED) is 0.886. The van der Waals surface area contributed by atoms with Gasteiger partial charge in [0.1, 0.15) is 5.82 Å². The number of nitrogen functional groups attached to an aromatic ring is 1. The Bertz CT molecular complexity index is 406. The second-order valence-electron chi connectivity index (χ2n) is 5.59. The number of likely N-dealkylation sites (N-methyl/N-ethyl adjacent to an activating group) is 1. The molecule has 5 heteroatoms. The van der Waals surface area contributed by atoms with Crippen molar-refractivity contribution in [3.8, 4) is 0 Å². The fourth-order valence-electron chi connectivity index (χ4n) is 2.84. The van der Waals surface area contributed by atoms with Crippen molar-refractivity contribution in [2.24, 2.45) is 0 Å². The van der Waals surface area contributed by atoms with E-state index in [1.165, 1.54) is 0 Å². The molecule has 1 saturated heterocycles. The predicted molar refractivity (Wildman–Crippen MR) is 78.4 cm³/mol. The molecular weight excluding hydrogens is 240 g/mol. The molecule has 0 radical (unpaired) electrons. The van der Waals surface area contributed by atoms with Crippen molar-refractivity contribution in [3.05, 3.63) is 18.3 Å². The van der Waals surface area contributed by atoms with Gasteiger partial charge in [0.2, 0.25) is 0 Å². The largest absolute Gasteiger partial charge is 0.384 e. The van der Waals surface area contributed by atoms with E-state index < -0.39 is 0 Å². The first-order chi connectivity index (χ1) is 9.04. The van der Waals surface area contributed by atoms with E-state index in [9.17, 15) is 0 Å². The van der Waals surface area contributed by atoms with Gasteiger partial charge in [-0.3, -0.25) is 0 Å². The van der Waals surface area contributed by atoms with Crippen LogP contribution in [0.2, 0.25) is 0 Å². The number of rotatable bonds is 4. The minimum absolute atomic E-state index is 0.0941.